The Kier molecular flexibility index (Phi) is 2.64. The smallest absolute Gasteiger partial charge is 0.00151 e. The van der Waals surface area contributed by atoms with Crippen LogP contribution in [0.3, 0.4) is 0 Å². The van der Waals surface area contributed by atoms with E-state index in [2.05, 4.69) is 19.2 Å². The first kappa shape index (κ1) is 9.51. The highest BCUT2D eigenvalue weighted by Crippen LogP contribution is 2.50. The molecule has 2 aliphatic carbocycles. The molecule has 1 N–H and O–H groups in total. The molecular formula is C12H23N. The first-order valence-electron chi connectivity index (χ1n) is 5.89. The predicted molar refractivity (Wildman–Crippen MR) is 56.7 cm³/mol. The predicted octanol–water partition coefficient (Wildman–Crippen LogP) is 2.81. The van der Waals surface area contributed by atoms with Crippen LogP contribution in [0.4, 0.5) is 0 Å². The lowest BCUT2D eigenvalue weighted by atomic mass is 10.1. The molecule has 0 aromatic heterocycles. The fraction of sp³-hybridized carbons (Fsp3) is 1.00. The van der Waals surface area contributed by atoms with E-state index < -0.39 is 0 Å². The van der Waals surface area contributed by atoms with Crippen LogP contribution in [0.2, 0.25) is 0 Å². The molecule has 2 fully saturated rings. The SMILES string of the molecule is CC1(C)CC1CNCC1CCCC1. The maximum Gasteiger partial charge on any atom is -0.00151 e. The van der Waals surface area contributed by atoms with Crippen molar-refractivity contribution in [3.8, 4) is 0 Å². The molecule has 0 aromatic carbocycles. The molecule has 0 bridgehead atoms. The summed E-state index contributed by atoms with van der Waals surface area (Å²) in [5.74, 6) is 1.97. The number of hydrogen-bond donors (Lipinski definition) is 1. The Labute approximate surface area is 82.3 Å². The third-order valence-corrected chi connectivity index (χ3v) is 4.02. The molecule has 0 heterocycles. The van der Waals surface area contributed by atoms with Gasteiger partial charge in [0, 0.05) is 0 Å². The third kappa shape index (κ3) is 2.46. The van der Waals surface area contributed by atoms with Crippen molar-refractivity contribution in [2.75, 3.05) is 13.1 Å². The second kappa shape index (κ2) is 3.61. The monoisotopic (exact) mass is 181 g/mol. The second-order valence-electron chi connectivity index (χ2n) is 5.70. The van der Waals surface area contributed by atoms with Crippen molar-refractivity contribution >= 4 is 0 Å². The van der Waals surface area contributed by atoms with Crippen molar-refractivity contribution in [2.24, 2.45) is 17.3 Å². The first-order valence-corrected chi connectivity index (χ1v) is 5.89. The highest BCUT2D eigenvalue weighted by atomic mass is 14.9. The van der Waals surface area contributed by atoms with Crippen molar-refractivity contribution in [3.63, 3.8) is 0 Å². The summed E-state index contributed by atoms with van der Waals surface area (Å²) in [7, 11) is 0. The van der Waals surface area contributed by atoms with E-state index in [1.54, 1.807) is 0 Å². The van der Waals surface area contributed by atoms with Crippen LogP contribution in [0, 0.1) is 17.3 Å². The molecule has 1 nitrogen and oxygen atoms in total. The molecule has 0 aromatic rings. The van der Waals surface area contributed by atoms with Crippen LogP contribution in [0.5, 0.6) is 0 Å². The minimum atomic E-state index is 0.655. The Morgan fingerprint density at radius 1 is 1.15 bits per heavy atom. The lowest BCUT2D eigenvalue weighted by Gasteiger charge is -2.10. The van der Waals surface area contributed by atoms with Crippen LogP contribution in [-0.2, 0) is 0 Å². The van der Waals surface area contributed by atoms with Crippen molar-refractivity contribution < 1.29 is 0 Å². The maximum atomic E-state index is 3.64. The summed E-state index contributed by atoms with van der Waals surface area (Å²) in [6.07, 6.45) is 7.33. The molecule has 2 aliphatic rings. The molecule has 1 heteroatoms. The van der Waals surface area contributed by atoms with Crippen LogP contribution in [-0.4, -0.2) is 13.1 Å². The van der Waals surface area contributed by atoms with Crippen LogP contribution in [0.25, 0.3) is 0 Å². The van der Waals surface area contributed by atoms with E-state index in [0.29, 0.717) is 5.41 Å². The zero-order valence-electron chi connectivity index (χ0n) is 9.10. The largest absolute Gasteiger partial charge is 0.316 e. The van der Waals surface area contributed by atoms with Gasteiger partial charge in [0.2, 0.25) is 0 Å². The Morgan fingerprint density at radius 2 is 1.77 bits per heavy atom. The summed E-state index contributed by atoms with van der Waals surface area (Å²) in [5.41, 5.74) is 0.655. The summed E-state index contributed by atoms with van der Waals surface area (Å²) < 4.78 is 0. The Bertz CT molecular complexity index is 163. The van der Waals surface area contributed by atoms with E-state index in [1.807, 2.05) is 0 Å². The summed E-state index contributed by atoms with van der Waals surface area (Å²) in [6, 6.07) is 0. The summed E-state index contributed by atoms with van der Waals surface area (Å²) in [6.45, 7) is 7.32. The molecule has 1 atom stereocenters. The van der Waals surface area contributed by atoms with Crippen molar-refractivity contribution in [3.05, 3.63) is 0 Å². The average molecular weight is 181 g/mol. The Morgan fingerprint density at radius 3 is 2.31 bits per heavy atom. The molecule has 13 heavy (non-hydrogen) atoms. The highest BCUT2D eigenvalue weighted by molar-refractivity contribution is 4.96. The van der Waals surface area contributed by atoms with Crippen LogP contribution in [0.1, 0.15) is 46.0 Å². The van der Waals surface area contributed by atoms with Gasteiger partial charge in [-0.3, -0.25) is 0 Å². The minimum absolute atomic E-state index is 0.655. The van der Waals surface area contributed by atoms with Gasteiger partial charge >= 0.3 is 0 Å². The normalized spacial score (nSPS) is 32.3. The van der Waals surface area contributed by atoms with Crippen LogP contribution >= 0.6 is 0 Å². The zero-order chi connectivity index (χ0) is 9.31. The molecule has 0 aliphatic heterocycles. The van der Waals surface area contributed by atoms with Gasteiger partial charge in [-0.05, 0) is 49.6 Å². The van der Waals surface area contributed by atoms with Gasteiger partial charge in [0.05, 0.1) is 0 Å². The average Bonchev–Trinajstić information content (AvgIpc) is 2.53. The molecule has 0 saturated heterocycles. The van der Waals surface area contributed by atoms with Gasteiger partial charge < -0.3 is 5.32 Å². The minimum Gasteiger partial charge on any atom is -0.316 e. The summed E-state index contributed by atoms with van der Waals surface area (Å²) in [4.78, 5) is 0. The molecule has 0 amide bonds. The molecule has 0 spiro atoms. The summed E-state index contributed by atoms with van der Waals surface area (Å²) >= 11 is 0. The maximum absolute atomic E-state index is 3.64. The molecule has 2 saturated carbocycles. The summed E-state index contributed by atoms with van der Waals surface area (Å²) in [5, 5.41) is 3.64. The standard InChI is InChI=1S/C12H23N/c1-12(2)7-11(12)9-13-8-10-5-3-4-6-10/h10-11,13H,3-9H2,1-2H3. The molecule has 1 unspecified atom stereocenters. The van der Waals surface area contributed by atoms with Gasteiger partial charge in [0.15, 0.2) is 0 Å². The van der Waals surface area contributed by atoms with Gasteiger partial charge in [0.25, 0.3) is 0 Å². The lowest BCUT2D eigenvalue weighted by Crippen LogP contribution is -2.24. The quantitative estimate of drug-likeness (QED) is 0.703. The van der Waals surface area contributed by atoms with Crippen LogP contribution in [0.15, 0.2) is 0 Å². The van der Waals surface area contributed by atoms with Gasteiger partial charge in [-0.25, -0.2) is 0 Å². The van der Waals surface area contributed by atoms with E-state index in [4.69, 9.17) is 0 Å². The van der Waals surface area contributed by atoms with Crippen LogP contribution < -0.4 is 5.32 Å². The molecule has 2 rings (SSSR count). The number of rotatable bonds is 4. The van der Waals surface area contributed by atoms with E-state index >= 15 is 0 Å². The van der Waals surface area contributed by atoms with Crippen molar-refractivity contribution in [1.29, 1.82) is 0 Å². The number of hydrogen-bond acceptors (Lipinski definition) is 1. The van der Waals surface area contributed by atoms with Gasteiger partial charge in [-0.1, -0.05) is 26.7 Å². The van der Waals surface area contributed by atoms with Gasteiger partial charge in [-0.2, -0.15) is 0 Å². The Balaban J connectivity index is 1.54. The van der Waals surface area contributed by atoms with E-state index in [1.165, 1.54) is 45.2 Å². The first-order chi connectivity index (χ1) is 6.18. The zero-order valence-corrected chi connectivity index (χ0v) is 9.10. The topological polar surface area (TPSA) is 12.0 Å². The Hall–Kier alpha value is -0.0400. The van der Waals surface area contributed by atoms with Crippen molar-refractivity contribution in [1.82, 2.24) is 5.32 Å². The fourth-order valence-corrected chi connectivity index (χ4v) is 2.60. The van der Waals surface area contributed by atoms with Gasteiger partial charge in [0.1, 0.15) is 0 Å². The second-order valence-corrected chi connectivity index (χ2v) is 5.70. The van der Waals surface area contributed by atoms with Gasteiger partial charge in [-0.15, -0.1) is 0 Å². The fourth-order valence-electron chi connectivity index (χ4n) is 2.60. The van der Waals surface area contributed by atoms with E-state index in [9.17, 15) is 0 Å². The third-order valence-electron chi connectivity index (χ3n) is 4.02. The lowest BCUT2D eigenvalue weighted by molar-refractivity contribution is 0.456. The van der Waals surface area contributed by atoms with E-state index in [-0.39, 0.29) is 0 Å². The highest BCUT2D eigenvalue weighted by Gasteiger charge is 2.44. The number of nitrogens with one attached hydrogen (secondary N) is 1. The van der Waals surface area contributed by atoms with Crippen molar-refractivity contribution in [2.45, 2.75) is 46.0 Å². The van der Waals surface area contributed by atoms with E-state index in [0.717, 1.165) is 11.8 Å². The molecule has 76 valence electrons. The molecular weight excluding hydrogens is 158 g/mol. The molecule has 0 radical (unpaired) electrons.